The van der Waals surface area contributed by atoms with Crippen molar-refractivity contribution in [1.82, 2.24) is 14.7 Å². The normalized spacial score (nSPS) is 10.6. The molecule has 0 atom stereocenters. The molecule has 0 aliphatic rings. The maximum Gasteiger partial charge on any atom is 0.323 e. The Morgan fingerprint density at radius 3 is 2.39 bits per heavy atom. The van der Waals surface area contributed by atoms with Crippen LogP contribution in [0.25, 0.3) is 0 Å². The Bertz CT molecular complexity index is 707. The zero-order chi connectivity index (χ0) is 17.0. The SMILES string of the molecule is Cc1nn(C)c(C)c1CC(=O)N(CC(=O)O)Cc1ccccc1. The van der Waals surface area contributed by atoms with Crippen LogP contribution in [0.4, 0.5) is 0 Å². The quantitative estimate of drug-likeness (QED) is 0.880. The van der Waals surface area contributed by atoms with Gasteiger partial charge < -0.3 is 10.0 Å². The summed E-state index contributed by atoms with van der Waals surface area (Å²) in [4.78, 5) is 25.0. The van der Waals surface area contributed by atoms with Gasteiger partial charge in [-0.2, -0.15) is 5.10 Å². The van der Waals surface area contributed by atoms with Crippen LogP contribution in [0.3, 0.4) is 0 Å². The van der Waals surface area contributed by atoms with Crippen LogP contribution in [-0.2, 0) is 29.6 Å². The highest BCUT2D eigenvalue weighted by molar-refractivity contribution is 5.83. The second-order valence-electron chi connectivity index (χ2n) is 5.58. The average Bonchev–Trinajstić information content (AvgIpc) is 2.73. The number of hydrogen-bond acceptors (Lipinski definition) is 3. The third-order valence-electron chi connectivity index (χ3n) is 3.88. The number of nitrogens with zero attached hydrogens (tertiary/aromatic N) is 3. The summed E-state index contributed by atoms with van der Waals surface area (Å²) in [5.74, 6) is -1.23. The van der Waals surface area contributed by atoms with E-state index in [9.17, 15) is 9.59 Å². The molecule has 0 spiro atoms. The van der Waals surface area contributed by atoms with Crippen molar-refractivity contribution in [3.05, 3.63) is 52.8 Å². The first kappa shape index (κ1) is 16.7. The summed E-state index contributed by atoms with van der Waals surface area (Å²) in [7, 11) is 1.83. The Labute approximate surface area is 135 Å². The number of aryl methyl sites for hydroxylation is 2. The smallest absolute Gasteiger partial charge is 0.323 e. The molecule has 0 bridgehead atoms. The van der Waals surface area contributed by atoms with Gasteiger partial charge in [-0.25, -0.2) is 0 Å². The summed E-state index contributed by atoms with van der Waals surface area (Å²) < 4.78 is 1.73. The van der Waals surface area contributed by atoms with Crippen molar-refractivity contribution in [3.8, 4) is 0 Å². The number of aliphatic carboxylic acids is 1. The first-order chi connectivity index (χ1) is 10.9. The van der Waals surface area contributed by atoms with Gasteiger partial charge in [0.15, 0.2) is 0 Å². The molecule has 1 aromatic heterocycles. The number of carboxylic acids is 1. The lowest BCUT2D eigenvalue weighted by Crippen LogP contribution is -2.36. The summed E-state index contributed by atoms with van der Waals surface area (Å²) in [5, 5.41) is 13.4. The van der Waals surface area contributed by atoms with Gasteiger partial charge in [-0.3, -0.25) is 14.3 Å². The maximum atomic E-state index is 12.6. The number of carbonyl (C=O) groups is 2. The highest BCUT2D eigenvalue weighted by Crippen LogP contribution is 2.15. The summed E-state index contributed by atoms with van der Waals surface area (Å²) in [6, 6.07) is 9.38. The van der Waals surface area contributed by atoms with Gasteiger partial charge in [0, 0.05) is 24.8 Å². The van der Waals surface area contributed by atoms with E-state index >= 15 is 0 Å². The second kappa shape index (κ2) is 7.09. The van der Waals surface area contributed by atoms with Gasteiger partial charge in [-0.05, 0) is 19.4 Å². The van der Waals surface area contributed by atoms with Gasteiger partial charge in [-0.15, -0.1) is 0 Å². The molecular weight excluding hydrogens is 294 g/mol. The van der Waals surface area contributed by atoms with Crippen LogP contribution in [0, 0.1) is 13.8 Å². The van der Waals surface area contributed by atoms with E-state index in [0.29, 0.717) is 0 Å². The molecule has 6 heteroatoms. The zero-order valence-corrected chi connectivity index (χ0v) is 13.6. The molecule has 0 fully saturated rings. The molecule has 2 rings (SSSR count). The molecule has 1 N–H and O–H groups in total. The maximum absolute atomic E-state index is 12.6. The van der Waals surface area contributed by atoms with E-state index in [1.165, 1.54) is 4.90 Å². The minimum atomic E-state index is -1.02. The molecule has 23 heavy (non-hydrogen) atoms. The largest absolute Gasteiger partial charge is 0.480 e. The molecule has 0 saturated carbocycles. The summed E-state index contributed by atoms with van der Waals surface area (Å²) in [6.07, 6.45) is 0.158. The fraction of sp³-hybridized carbons (Fsp3) is 0.353. The van der Waals surface area contributed by atoms with Crippen LogP contribution in [0.2, 0.25) is 0 Å². The van der Waals surface area contributed by atoms with Crippen molar-refractivity contribution < 1.29 is 14.7 Å². The fourth-order valence-corrected chi connectivity index (χ4v) is 2.54. The number of rotatable bonds is 6. The molecular formula is C17H21N3O3. The van der Waals surface area contributed by atoms with Crippen molar-refractivity contribution >= 4 is 11.9 Å². The summed E-state index contributed by atoms with van der Waals surface area (Å²) >= 11 is 0. The van der Waals surface area contributed by atoms with Crippen molar-refractivity contribution in [2.24, 2.45) is 7.05 Å². The third kappa shape index (κ3) is 4.18. The molecule has 0 saturated heterocycles. The molecule has 0 aliphatic heterocycles. The second-order valence-corrected chi connectivity index (χ2v) is 5.58. The molecule has 122 valence electrons. The van der Waals surface area contributed by atoms with E-state index in [1.807, 2.05) is 51.2 Å². The van der Waals surface area contributed by atoms with E-state index in [4.69, 9.17) is 5.11 Å². The lowest BCUT2D eigenvalue weighted by molar-refractivity contribution is -0.144. The van der Waals surface area contributed by atoms with E-state index in [-0.39, 0.29) is 25.4 Å². The highest BCUT2D eigenvalue weighted by Gasteiger charge is 2.20. The molecule has 6 nitrogen and oxygen atoms in total. The van der Waals surface area contributed by atoms with E-state index in [1.54, 1.807) is 4.68 Å². The monoisotopic (exact) mass is 315 g/mol. The lowest BCUT2D eigenvalue weighted by Gasteiger charge is -2.21. The minimum Gasteiger partial charge on any atom is -0.480 e. The van der Waals surface area contributed by atoms with Gasteiger partial charge in [0.05, 0.1) is 12.1 Å². The molecule has 2 aromatic rings. The Balaban J connectivity index is 2.18. The van der Waals surface area contributed by atoms with Crippen molar-refractivity contribution in [2.75, 3.05) is 6.54 Å². The number of amides is 1. The van der Waals surface area contributed by atoms with Gasteiger partial charge >= 0.3 is 5.97 Å². The van der Waals surface area contributed by atoms with Crippen LogP contribution in [0.5, 0.6) is 0 Å². The average molecular weight is 315 g/mol. The van der Waals surface area contributed by atoms with Gasteiger partial charge in [0.25, 0.3) is 0 Å². The van der Waals surface area contributed by atoms with Crippen LogP contribution in [0.1, 0.15) is 22.5 Å². The molecule has 0 unspecified atom stereocenters. The van der Waals surface area contributed by atoms with Crippen LogP contribution < -0.4 is 0 Å². The number of benzene rings is 1. The molecule has 1 amide bonds. The van der Waals surface area contributed by atoms with Gasteiger partial charge in [0.2, 0.25) is 5.91 Å². The van der Waals surface area contributed by atoms with E-state index < -0.39 is 5.97 Å². The first-order valence-corrected chi connectivity index (χ1v) is 7.41. The zero-order valence-electron chi connectivity index (χ0n) is 13.6. The number of aromatic nitrogens is 2. The third-order valence-corrected chi connectivity index (χ3v) is 3.88. The number of carbonyl (C=O) groups excluding carboxylic acids is 1. The van der Waals surface area contributed by atoms with E-state index in [0.717, 1.165) is 22.5 Å². The highest BCUT2D eigenvalue weighted by atomic mass is 16.4. The van der Waals surface area contributed by atoms with Gasteiger partial charge in [0.1, 0.15) is 6.54 Å². The fourth-order valence-electron chi connectivity index (χ4n) is 2.54. The predicted octanol–water partition coefficient (Wildman–Crippen LogP) is 1.69. The van der Waals surface area contributed by atoms with Crippen LogP contribution in [0.15, 0.2) is 30.3 Å². The Morgan fingerprint density at radius 2 is 1.87 bits per heavy atom. The Morgan fingerprint density at radius 1 is 1.22 bits per heavy atom. The molecule has 1 aromatic carbocycles. The molecule has 0 aliphatic carbocycles. The van der Waals surface area contributed by atoms with Crippen molar-refractivity contribution in [1.29, 1.82) is 0 Å². The van der Waals surface area contributed by atoms with Crippen molar-refractivity contribution in [3.63, 3.8) is 0 Å². The topological polar surface area (TPSA) is 75.4 Å². The standard InChI is InChI=1S/C17H21N3O3/c1-12-15(13(2)19(3)18-12)9-16(21)20(11-17(22)23)10-14-7-5-4-6-8-14/h4-8H,9-11H2,1-3H3,(H,22,23). The van der Waals surface area contributed by atoms with Gasteiger partial charge in [-0.1, -0.05) is 30.3 Å². The van der Waals surface area contributed by atoms with Crippen LogP contribution >= 0.6 is 0 Å². The predicted molar refractivity (Wildman–Crippen MR) is 85.9 cm³/mol. The Hall–Kier alpha value is -2.63. The number of hydrogen-bond donors (Lipinski definition) is 1. The summed E-state index contributed by atoms with van der Waals surface area (Å²) in [6.45, 7) is 3.73. The van der Waals surface area contributed by atoms with Crippen molar-refractivity contribution in [2.45, 2.75) is 26.8 Å². The van der Waals surface area contributed by atoms with E-state index in [2.05, 4.69) is 5.10 Å². The molecule has 0 radical (unpaired) electrons. The van der Waals surface area contributed by atoms with Crippen LogP contribution in [-0.4, -0.2) is 38.2 Å². The number of carboxylic acid groups (broad SMARTS) is 1. The summed E-state index contributed by atoms with van der Waals surface area (Å²) in [5.41, 5.74) is 3.49. The first-order valence-electron chi connectivity index (χ1n) is 7.41. The Kier molecular flexibility index (Phi) is 5.16. The minimum absolute atomic E-state index is 0.158. The lowest BCUT2D eigenvalue weighted by atomic mass is 10.1. The molecule has 1 heterocycles.